The van der Waals surface area contributed by atoms with E-state index in [1.54, 1.807) is 0 Å². The molecule has 0 aromatic carbocycles. The Hall–Kier alpha value is -1.62. The molecule has 0 saturated carbocycles. The molecule has 168 valence electrons. The van der Waals surface area contributed by atoms with Gasteiger partial charge in [-0.15, -0.1) is 0 Å². The third kappa shape index (κ3) is 15.0. The van der Waals surface area contributed by atoms with E-state index in [0.717, 1.165) is 45.1 Å². The monoisotopic (exact) mass is 407 g/mol. The molecule has 0 radical (unpaired) electrons. The maximum Gasteiger partial charge on any atom is 0.220 e. The zero-order valence-corrected chi connectivity index (χ0v) is 19.5. The van der Waals surface area contributed by atoms with Crippen LogP contribution in [0.2, 0.25) is 0 Å². The van der Waals surface area contributed by atoms with Crippen LogP contribution in [0.4, 0.5) is 0 Å². The van der Waals surface area contributed by atoms with Crippen LogP contribution in [-0.4, -0.2) is 48.4 Å². The van der Waals surface area contributed by atoms with Crippen LogP contribution in [0.5, 0.6) is 0 Å². The van der Waals surface area contributed by atoms with Crippen molar-refractivity contribution in [3.63, 3.8) is 0 Å². The Morgan fingerprint density at radius 2 is 1.17 bits per heavy atom. The van der Waals surface area contributed by atoms with Crippen LogP contribution >= 0.6 is 0 Å². The minimum atomic E-state index is 0.121. The van der Waals surface area contributed by atoms with Gasteiger partial charge in [-0.1, -0.05) is 45.1 Å². The summed E-state index contributed by atoms with van der Waals surface area (Å²) in [5.74, 6) is 0.242. The Labute approximate surface area is 179 Å². The first kappa shape index (κ1) is 27.4. The third-order valence-electron chi connectivity index (χ3n) is 5.04. The second kappa shape index (κ2) is 18.4. The Morgan fingerprint density at radius 1 is 0.759 bits per heavy atom. The van der Waals surface area contributed by atoms with E-state index in [1.807, 2.05) is 0 Å². The van der Waals surface area contributed by atoms with Crippen molar-refractivity contribution < 1.29 is 9.59 Å². The van der Waals surface area contributed by atoms with Gasteiger partial charge in [0.1, 0.15) is 0 Å². The number of unbranched alkanes of at least 4 members (excludes halogenated alkanes) is 2. The van der Waals surface area contributed by atoms with Crippen molar-refractivity contribution in [3.8, 4) is 0 Å². The zero-order valence-electron chi connectivity index (χ0n) is 19.5. The van der Waals surface area contributed by atoms with Gasteiger partial charge in [0.15, 0.2) is 0 Å². The van der Waals surface area contributed by atoms with E-state index in [-0.39, 0.29) is 23.9 Å². The maximum absolute atomic E-state index is 12.0. The molecule has 0 aliphatic carbocycles. The van der Waals surface area contributed by atoms with Crippen molar-refractivity contribution in [1.29, 1.82) is 0 Å². The lowest BCUT2D eigenvalue weighted by Crippen LogP contribution is -2.50. The van der Waals surface area contributed by atoms with Gasteiger partial charge < -0.3 is 10.6 Å². The number of amides is 2. The number of nitrogens with zero attached hydrogens (tertiary/aromatic N) is 1. The Balaban J connectivity index is 4.12. The molecule has 0 bridgehead atoms. The summed E-state index contributed by atoms with van der Waals surface area (Å²) in [6, 6.07) is 0.463. The highest BCUT2D eigenvalue weighted by Gasteiger charge is 2.19. The van der Waals surface area contributed by atoms with Crippen LogP contribution < -0.4 is 10.6 Å². The SMILES string of the molecule is CC/C=C/CCCC(=O)NCC(C)N(CC)C(C)CNC(=O)CCC/C=C/CC. The van der Waals surface area contributed by atoms with E-state index in [9.17, 15) is 9.59 Å². The molecule has 0 heterocycles. The molecule has 0 rings (SSSR count). The molecule has 5 nitrogen and oxygen atoms in total. The highest BCUT2D eigenvalue weighted by molar-refractivity contribution is 5.76. The first-order valence-corrected chi connectivity index (χ1v) is 11.5. The fourth-order valence-corrected chi connectivity index (χ4v) is 3.32. The van der Waals surface area contributed by atoms with Gasteiger partial charge in [-0.05, 0) is 58.9 Å². The summed E-state index contributed by atoms with van der Waals surface area (Å²) in [6.45, 7) is 12.8. The van der Waals surface area contributed by atoms with Gasteiger partial charge in [-0.3, -0.25) is 14.5 Å². The number of carbonyl (C=O) groups is 2. The van der Waals surface area contributed by atoms with Gasteiger partial charge in [-0.2, -0.15) is 0 Å². The molecule has 0 aliphatic rings. The van der Waals surface area contributed by atoms with Crippen molar-refractivity contribution in [2.45, 2.75) is 98.1 Å². The summed E-state index contributed by atoms with van der Waals surface area (Å²) < 4.78 is 0. The van der Waals surface area contributed by atoms with Crippen molar-refractivity contribution in [1.82, 2.24) is 15.5 Å². The van der Waals surface area contributed by atoms with Crippen molar-refractivity contribution in [2.24, 2.45) is 0 Å². The maximum atomic E-state index is 12.0. The third-order valence-corrected chi connectivity index (χ3v) is 5.04. The molecule has 2 atom stereocenters. The molecular formula is C24H45N3O2. The molecule has 0 aromatic rings. The minimum Gasteiger partial charge on any atom is -0.355 e. The summed E-state index contributed by atoms with van der Waals surface area (Å²) >= 11 is 0. The quantitative estimate of drug-likeness (QED) is 0.274. The summed E-state index contributed by atoms with van der Waals surface area (Å²) in [6.07, 6.45) is 15.5. The normalized spacial score (nSPS) is 13.9. The zero-order chi connectivity index (χ0) is 21.9. The Bertz CT molecular complexity index is 447. The molecule has 2 N–H and O–H groups in total. The van der Waals surface area contributed by atoms with Crippen molar-refractivity contribution in [2.75, 3.05) is 19.6 Å². The minimum absolute atomic E-state index is 0.121. The summed E-state index contributed by atoms with van der Waals surface area (Å²) in [5, 5.41) is 6.11. The predicted molar refractivity (Wildman–Crippen MR) is 124 cm³/mol. The molecular weight excluding hydrogens is 362 g/mol. The first-order valence-electron chi connectivity index (χ1n) is 11.5. The Kier molecular flexibility index (Phi) is 17.4. The number of allylic oxidation sites excluding steroid dienone is 4. The Morgan fingerprint density at radius 3 is 1.52 bits per heavy atom. The predicted octanol–water partition coefficient (Wildman–Crippen LogP) is 4.59. The van der Waals surface area contributed by atoms with Crippen molar-refractivity contribution in [3.05, 3.63) is 24.3 Å². The van der Waals surface area contributed by atoms with E-state index in [1.165, 1.54) is 0 Å². The van der Waals surface area contributed by atoms with E-state index in [4.69, 9.17) is 0 Å². The number of hydrogen-bond acceptors (Lipinski definition) is 3. The van der Waals surface area contributed by atoms with Crippen LogP contribution in [0.1, 0.15) is 86.0 Å². The van der Waals surface area contributed by atoms with Crippen LogP contribution in [-0.2, 0) is 9.59 Å². The topological polar surface area (TPSA) is 61.4 Å². The lowest BCUT2D eigenvalue weighted by molar-refractivity contribution is -0.121. The number of rotatable bonds is 17. The highest BCUT2D eigenvalue weighted by atomic mass is 16.2. The molecule has 0 saturated heterocycles. The fraction of sp³-hybridized carbons (Fsp3) is 0.750. The standard InChI is InChI=1S/C24H45N3O2/c1-6-9-11-13-15-17-23(28)25-19-21(4)27(8-3)22(5)20-26-24(29)18-16-14-12-10-7-2/h9-12,21-22H,6-8,13-20H2,1-5H3,(H,25,28)(H,26,29)/b11-9+,12-10+. The van der Waals surface area contributed by atoms with E-state index >= 15 is 0 Å². The van der Waals surface area contributed by atoms with Crippen LogP contribution in [0.15, 0.2) is 24.3 Å². The molecule has 5 heteroatoms. The average Bonchev–Trinajstić information content (AvgIpc) is 2.71. The number of hydrogen-bond donors (Lipinski definition) is 2. The van der Waals surface area contributed by atoms with Crippen LogP contribution in [0.25, 0.3) is 0 Å². The van der Waals surface area contributed by atoms with Gasteiger partial charge in [0, 0.05) is 38.0 Å². The fourth-order valence-electron chi connectivity index (χ4n) is 3.32. The first-order chi connectivity index (χ1) is 14.0. The molecule has 0 fully saturated rings. The van der Waals surface area contributed by atoms with E-state index in [0.29, 0.717) is 25.9 Å². The van der Waals surface area contributed by atoms with E-state index < -0.39 is 0 Å². The van der Waals surface area contributed by atoms with Gasteiger partial charge in [0.25, 0.3) is 0 Å². The van der Waals surface area contributed by atoms with Gasteiger partial charge >= 0.3 is 0 Å². The molecule has 29 heavy (non-hydrogen) atoms. The van der Waals surface area contributed by atoms with Gasteiger partial charge in [-0.25, -0.2) is 0 Å². The lowest BCUT2D eigenvalue weighted by Gasteiger charge is -2.33. The summed E-state index contributed by atoms with van der Waals surface area (Å²) in [5.41, 5.74) is 0. The highest BCUT2D eigenvalue weighted by Crippen LogP contribution is 2.06. The second-order valence-corrected chi connectivity index (χ2v) is 7.68. The van der Waals surface area contributed by atoms with Crippen LogP contribution in [0.3, 0.4) is 0 Å². The number of nitrogens with one attached hydrogen (secondary N) is 2. The smallest absolute Gasteiger partial charge is 0.220 e. The number of likely N-dealkylation sites (N-methyl/N-ethyl adjacent to an activating group) is 1. The molecule has 0 aliphatic heterocycles. The molecule has 0 aromatic heterocycles. The van der Waals surface area contributed by atoms with Gasteiger partial charge in [0.2, 0.25) is 11.8 Å². The van der Waals surface area contributed by atoms with Crippen molar-refractivity contribution >= 4 is 11.8 Å². The largest absolute Gasteiger partial charge is 0.355 e. The second-order valence-electron chi connectivity index (χ2n) is 7.68. The molecule has 2 amide bonds. The lowest BCUT2D eigenvalue weighted by atomic mass is 10.1. The van der Waals surface area contributed by atoms with E-state index in [2.05, 4.69) is 74.5 Å². The summed E-state index contributed by atoms with van der Waals surface area (Å²) in [4.78, 5) is 26.4. The van der Waals surface area contributed by atoms with Gasteiger partial charge in [0.05, 0.1) is 0 Å². The molecule has 2 unspecified atom stereocenters. The number of carbonyl (C=O) groups excluding carboxylic acids is 2. The van der Waals surface area contributed by atoms with Crippen LogP contribution in [0, 0.1) is 0 Å². The average molecular weight is 408 g/mol. The summed E-state index contributed by atoms with van der Waals surface area (Å²) in [7, 11) is 0. The molecule has 0 spiro atoms.